The summed E-state index contributed by atoms with van der Waals surface area (Å²) < 4.78 is 3.21. The van der Waals surface area contributed by atoms with Gasteiger partial charge in [-0.25, -0.2) is 0 Å². The molecule has 135 valence electrons. The fourth-order valence-corrected chi connectivity index (χ4v) is 6.19. The van der Waals surface area contributed by atoms with E-state index in [4.69, 9.17) is 0 Å². The number of thiol groups is 1. The van der Waals surface area contributed by atoms with E-state index in [0.29, 0.717) is 21.6 Å². The maximum absolute atomic E-state index is 4.20. The summed E-state index contributed by atoms with van der Waals surface area (Å²) in [4.78, 5) is 0. The van der Waals surface area contributed by atoms with Gasteiger partial charge in [-0.2, -0.15) is 12.6 Å². The Bertz CT molecular complexity index is 146. The summed E-state index contributed by atoms with van der Waals surface area (Å²) in [6.45, 7) is 6.85. The van der Waals surface area contributed by atoms with Crippen LogP contribution in [-0.2, 0) is 0 Å². The number of hydrogen-bond donors (Lipinski definition) is 1. The summed E-state index contributed by atoms with van der Waals surface area (Å²) in [5.41, 5.74) is 0. The van der Waals surface area contributed by atoms with Crippen LogP contribution in [0.1, 0.15) is 111 Å². The zero-order valence-corrected chi connectivity index (χ0v) is 19.4. The molecule has 0 bridgehead atoms. The molecule has 0 saturated heterocycles. The molecular weight excluding hydrogens is 394 g/mol. The van der Waals surface area contributed by atoms with E-state index in [9.17, 15) is 0 Å². The van der Waals surface area contributed by atoms with Gasteiger partial charge >= 0.3 is 69.9 Å². The molecule has 0 aromatic rings. The second-order valence-corrected chi connectivity index (χ2v) is 10.6. The predicted octanol–water partition coefficient (Wildman–Crippen LogP) is 7.96. The molecule has 1 radical (unpaired) electrons. The van der Waals surface area contributed by atoms with Crippen molar-refractivity contribution in [1.29, 1.82) is 0 Å². The Morgan fingerprint density at radius 3 is 1.23 bits per heavy atom. The van der Waals surface area contributed by atoms with Gasteiger partial charge in [0.1, 0.15) is 0 Å². The molecule has 0 rings (SSSR count). The van der Waals surface area contributed by atoms with Gasteiger partial charge in [0, 0.05) is 0 Å². The summed E-state index contributed by atoms with van der Waals surface area (Å²) >= 11 is 4.51. The molecule has 0 spiro atoms. The molecular formula is C20H44SSb. The average Bonchev–Trinajstić information content (AvgIpc) is 2.54. The van der Waals surface area contributed by atoms with Gasteiger partial charge in [0.2, 0.25) is 0 Å². The molecule has 0 fully saturated rings. The Morgan fingerprint density at radius 2 is 0.864 bits per heavy atom. The van der Waals surface area contributed by atoms with Crippen LogP contribution in [0.15, 0.2) is 0 Å². The summed E-state index contributed by atoms with van der Waals surface area (Å²) in [6.07, 6.45) is 20.0. The van der Waals surface area contributed by atoms with Crippen LogP contribution in [0.4, 0.5) is 0 Å². The van der Waals surface area contributed by atoms with Gasteiger partial charge in [-0.15, -0.1) is 0 Å². The Hall–Kier alpha value is 1.17. The molecule has 22 heavy (non-hydrogen) atoms. The van der Waals surface area contributed by atoms with Crippen LogP contribution in [0.5, 0.6) is 0 Å². The minimum atomic E-state index is 0.304. The molecule has 0 aromatic heterocycles. The average molecular weight is 438 g/mol. The van der Waals surface area contributed by atoms with E-state index in [0.717, 1.165) is 5.75 Å². The van der Waals surface area contributed by atoms with Crippen molar-refractivity contribution in [2.45, 2.75) is 119 Å². The van der Waals surface area contributed by atoms with Crippen molar-refractivity contribution in [2.75, 3.05) is 5.75 Å². The summed E-state index contributed by atoms with van der Waals surface area (Å²) in [7, 11) is 0. The van der Waals surface area contributed by atoms with E-state index >= 15 is 0 Å². The molecule has 0 aliphatic rings. The van der Waals surface area contributed by atoms with Crippen LogP contribution in [0, 0.1) is 0 Å². The van der Waals surface area contributed by atoms with Crippen molar-refractivity contribution in [2.24, 2.45) is 0 Å². The van der Waals surface area contributed by atoms with Gasteiger partial charge < -0.3 is 0 Å². The van der Waals surface area contributed by atoms with Crippen molar-refractivity contribution in [3.8, 4) is 0 Å². The number of hydrogen-bond acceptors (Lipinski definition) is 1. The standard InChI is InChI=1S/C12H26S.2C4H9.Sb/c1-2-3-4-5-6-7-8-9-10-11-12-13;2*1-3-4-2;/h13H,2-12H2,1H3;2*1,3-4H2,2H3;. The molecule has 0 saturated carbocycles. The predicted molar refractivity (Wildman–Crippen MR) is 111 cm³/mol. The summed E-state index contributed by atoms with van der Waals surface area (Å²) in [5.74, 6) is 1.07. The summed E-state index contributed by atoms with van der Waals surface area (Å²) in [5, 5.41) is 0. The van der Waals surface area contributed by atoms with Crippen LogP contribution >= 0.6 is 12.6 Å². The maximum atomic E-state index is 4.20. The van der Waals surface area contributed by atoms with Crippen molar-refractivity contribution in [1.82, 2.24) is 0 Å². The molecule has 0 aromatic carbocycles. The van der Waals surface area contributed by atoms with Crippen molar-refractivity contribution in [3.63, 3.8) is 0 Å². The summed E-state index contributed by atoms with van der Waals surface area (Å²) in [6, 6.07) is 0. The van der Waals surface area contributed by atoms with Crippen LogP contribution in [-0.4, -0.2) is 27.4 Å². The van der Waals surface area contributed by atoms with E-state index < -0.39 is 0 Å². The zero-order valence-electron chi connectivity index (χ0n) is 15.9. The first-order chi connectivity index (χ1) is 10.8. The molecule has 0 unspecified atom stereocenters. The quantitative estimate of drug-likeness (QED) is 0.141. The van der Waals surface area contributed by atoms with Gasteiger partial charge in [0.05, 0.1) is 0 Å². The first kappa shape index (κ1) is 25.4. The van der Waals surface area contributed by atoms with E-state index in [1.165, 1.54) is 89.9 Å². The van der Waals surface area contributed by atoms with Gasteiger partial charge in [-0.05, 0) is 12.2 Å². The Balaban J connectivity index is 0. The molecule has 0 atom stereocenters. The topological polar surface area (TPSA) is 0 Å². The minimum absolute atomic E-state index is 0.304. The van der Waals surface area contributed by atoms with Gasteiger partial charge in [-0.3, -0.25) is 0 Å². The van der Waals surface area contributed by atoms with Crippen molar-refractivity contribution < 1.29 is 0 Å². The van der Waals surface area contributed by atoms with E-state index in [-0.39, 0.29) is 0 Å². The third-order valence-electron chi connectivity index (χ3n) is 3.85. The van der Waals surface area contributed by atoms with Crippen LogP contribution in [0.25, 0.3) is 0 Å². The van der Waals surface area contributed by atoms with Gasteiger partial charge in [0.15, 0.2) is 0 Å². The van der Waals surface area contributed by atoms with Crippen LogP contribution < -0.4 is 0 Å². The zero-order chi connectivity index (χ0) is 16.7. The molecule has 0 aliphatic carbocycles. The van der Waals surface area contributed by atoms with Gasteiger partial charge in [-0.1, -0.05) is 64.7 Å². The first-order valence-corrected chi connectivity index (χ1v) is 14.3. The third kappa shape index (κ3) is 29.2. The molecule has 2 heteroatoms. The molecule has 0 nitrogen and oxygen atoms in total. The second-order valence-electron chi connectivity index (χ2n) is 6.28. The molecule has 0 N–H and O–H groups in total. The van der Waals surface area contributed by atoms with Crippen molar-refractivity contribution in [3.05, 3.63) is 0 Å². The monoisotopic (exact) mass is 437 g/mol. The fraction of sp³-hybridized carbons (Fsp3) is 1.00. The van der Waals surface area contributed by atoms with Crippen LogP contribution in [0.2, 0.25) is 8.73 Å². The Labute approximate surface area is 158 Å². The first-order valence-electron chi connectivity index (χ1n) is 10.1. The van der Waals surface area contributed by atoms with Crippen LogP contribution in [0.3, 0.4) is 0 Å². The van der Waals surface area contributed by atoms with E-state index in [1.54, 1.807) is 8.73 Å². The normalized spacial score (nSPS) is 10.4. The number of rotatable bonds is 16. The van der Waals surface area contributed by atoms with Gasteiger partial charge in [0.25, 0.3) is 0 Å². The van der Waals surface area contributed by atoms with E-state index in [2.05, 4.69) is 33.4 Å². The molecule has 0 amide bonds. The SMILES string of the molecule is CCCCCCCCCCCCS.CCC[CH2][Sb][CH2]CCC. The van der Waals surface area contributed by atoms with Crippen molar-refractivity contribution >= 4 is 34.2 Å². The third-order valence-corrected chi connectivity index (χ3v) is 7.78. The Kier molecular flexibility index (Phi) is 31.2. The van der Waals surface area contributed by atoms with E-state index in [1.807, 2.05) is 0 Å². The Morgan fingerprint density at radius 1 is 0.500 bits per heavy atom. The number of unbranched alkanes of at least 4 members (excludes halogenated alkanes) is 11. The molecule has 0 heterocycles. The molecule has 0 aliphatic heterocycles. The fourth-order valence-electron chi connectivity index (χ4n) is 2.25. The second kappa shape index (κ2) is 27.0.